The van der Waals surface area contributed by atoms with Crippen molar-refractivity contribution in [3.8, 4) is 0 Å². The Kier molecular flexibility index (Phi) is 24.6. The van der Waals surface area contributed by atoms with Gasteiger partial charge in [0.05, 0.1) is 0 Å². The summed E-state index contributed by atoms with van der Waals surface area (Å²) in [7, 11) is 0. The summed E-state index contributed by atoms with van der Waals surface area (Å²) < 4.78 is 0. The van der Waals surface area contributed by atoms with E-state index in [4.69, 9.17) is 0 Å². The van der Waals surface area contributed by atoms with Gasteiger partial charge < -0.3 is 0 Å². The predicted octanol–water partition coefficient (Wildman–Crippen LogP) is 2.81. The van der Waals surface area contributed by atoms with E-state index in [1.807, 2.05) is 0 Å². The second kappa shape index (κ2) is 17.6. The molecule has 0 fully saturated rings. The lowest BCUT2D eigenvalue weighted by Crippen LogP contribution is -1.25. The molecule has 1 heteroatoms. The molecule has 0 aromatic rings. The Morgan fingerprint density at radius 3 is 1.29 bits per heavy atom. The van der Waals surface area contributed by atoms with E-state index in [2.05, 4.69) is 26.3 Å². The number of thioether (sulfide) groups is 1. The number of hydrogen-bond donors (Lipinski definition) is 0. The summed E-state index contributed by atoms with van der Waals surface area (Å²) in [5, 5.41) is 3.46. The van der Waals surface area contributed by atoms with Crippen LogP contribution in [0.15, 0.2) is 37.1 Å². The highest BCUT2D eigenvalue weighted by Gasteiger charge is 1.52. The summed E-state index contributed by atoms with van der Waals surface area (Å²) in [6.45, 7) is 12.9. The Morgan fingerprint density at radius 2 is 1.29 bits per heavy atom. The summed E-state index contributed by atoms with van der Waals surface area (Å²) in [5.41, 5.74) is 0. The molecule has 0 nitrogen and oxygen atoms in total. The van der Waals surface area contributed by atoms with Crippen LogP contribution >= 0.6 is 11.8 Å². The Labute approximate surface area is 49.6 Å². The van der Waals surface area contributed by atoms with Crippen LogP contribution in [-0.4, -0.2) is 0 Å². The van der Waals surface area contributed by atoms with Crippen molar-refractivity contribution in [2.45, 2.75) is 0 Å². The van der Waals surface area contributed by atoms with Gasteiger partial charge in [0.1, 0.15) is 0 Å². The van der Waals surface area contributed by atoms with Crippen LogP contribution in [-0.2, 0) is 0 Å². The van der Waals surface area contributed by atoms with Gasteiger partial charge in [-0.25, -0.2) is 0 Å². The fraction of sp³-hybridized carbons (Fsp3) is 0. The molecule has 0 spiro atoms. The van der Waals surface area contributed by atoms with Crippen LogP contribution in [0.25, 0.3) is 0 Å². The van der Waals surface area contributed by atoms with Gasteiger partial charge in [0, 0.05) is 0 Å². The lowest BCUT2D eigenvalue weighted by molar-refractivity contribution is 2.58. The number of hydrogen-bond acceptors (Lipinski definition) is 1. The molecule has 0 heterocycles. The first-order chi connectivity index (χ1) is 3.41. The topological polar surface area (TPSA) is 0 Å². The van der Waals surface area contributed by atoms with Crippen LogP contribution in [0.2, 0.25) is 0 Å². The minimum Gasteiger partial charge on any atom is -0.107 e. The zero-order chi connectivity index (χ0) is 6.12. The maximum absolute atomic E-state index is 3.44. The second-order valence-electron chi connectivity index (χ2n) is 0.469. The fourth-order valence-electron chi connectivity index (χ4n) is 0.0680. The third-order valence-electron chi connectivity index (χ3n) is 0.192. The Bertz CT molecular complexity index is 42.1. The second-order valence-corrected chi connectivity index (χ2v) is 1.41. The minimum absolute atomic E-state index is 1.49. The van der Waals surface area contributed by atoms with Crippen molar-refractivity contribution in [1.29, 1.82) is 0 Å². The quantitative estimate of drug-likeness (QED) is 0.497. The van der Waals surface area contributed by atoms with E-state index >= 15 is 0 Å². The highest BCUT2D eigenvalue weighted by atomic mass is 32.2. The maximum atomic E-state index is 3.44. The Hall–Kier alpha value is -0.430. The van der Waals surface area contributed by atoms with Crippen molar-refractivity contribution in [2.75, 3.05) is 0 Å². The highest BCUT2D eigenvalue weighted by Crippen LogP contribution is 1.96. The van der Waals surface area contributed by atoms with Gasteiger partial charge in [0.15, 0.2) is 0 Å². The molecule has 0 aliphatic heterocycles. The summed E-state index contributed by atoms with van der Waals surface area (Å²) in [4.78, 5) is 0. The molecule has 0 saturated heterocycles. The standard InChI is InChI=1S/C4H6S.C2H4/c1-3-5-4-2;1-2/h3-4H,1-2H2;1-2H2. The zero-order valence-electron chi connectivity index (χ0n) is 4.39. The first-order valence-corrected chi connectivity index (χ1v) is 2.73. The fourth-order valence-corrected chi connectivity index (χ4v) is 0.204. The lowest BCUT2D eigenvalue weighted by Gasteiger charge is -1.65. The van der Waals surface area contributed by atoms with Gasteiger partial charge in [-0.1, -0.05) is 13.2 Å². The SMILES string of the molecule is C=C.C=CSC=C. The molecule has 0 radical (unpaired) electrons. The van der Waals surface area contributed by atoms with E-state index in [1.165, 1.54) is 11.8 Å². The normalized spacial score (nSPS) is 5.14. The van der Waals surface area contributed by atoms with Gasteiger partial charge in [0.25, 0.3) is 0 Å². The highest BCUT2D eigenvalue weighted by molar-refractivity contribution is 8.04. The molecule has 0 rings (SSSR count). The first kappa shape index (κ1) is 9.76. The summed E-state index contributed by atoms with van der Waals surface area (Å²) in [6.07, 6.45) is 0. The average molecular weight is 114 g/mol. The van der Waals surface area contributed by atoms with Crippen LogP contribution < -0.4 is 0 Å². The van der Waals surface area contributed by atoms with E-state index in [9.17, 15) is 0 Å². The first-order valence-electron chi connectivity index (χ1n) is 1.79. The summed E-state index contributed by atoms with van der Waals surface area (Å²) >= 11 is 1.49. The molecule has 0 unspecified atom stereocenters. The molecule has 0 aliphatic carbocycles. The van der Waals surface area contributed by atoms with Crippen molar-refractivity contribution in [3.05, 3.63) is 37.1 Å². The van der Waals surface area contributed by atoms with Crippen molar-refractivity contribution in [2.24, 2.45) is 0 Å². The Morgan fingerprint density at radius 1 is 1.00 bits per heavy atom. The van der Waals surface area contributed by atoms with Crippen LogP contribution in [0.1, 0.15) is 0 Å². The molecular weight excluding hydrogens is 104 g/mol. The molecule has 0 atom stereocenters. The zero-order valence-corrected chi connectivity index (χ0v) is 5.21. The molecule has 0 aromatic heterocycles. The van der Waals surface area contributed by atoms with Gasteiger partial charge in [-0.2, -0.15) is 0 Å². The summed E-state index contributed by atoms with van der Waals surface area (Å²) in [5.74, 6) is 0. The third kappa shape index (κ3) is 28.8. The van der Waals surface area contributed by atoms with Gasteiger partial charge in [-0.15, -0.1) is 24.9 Å². The number of rotatable bonds is 2. The van der Waals surface area contributed by atoms with Crippen LogP contribution in [0.5, 0.6) is 0 Å². The summed E-state index contributed by atoms with van der Waals surface area (Å²) in [6, 6.07) is 0. The third-order valence-corrected chi connectivity index (χ3v) is 0.577. The van der Waals surface area contributed by atoms with Gasteiger partial charge in [-0.05, 0) is 10.8 Å². The van der Waals surface area contributed by atoms with Crippen LogP contribution in [0.4, 0.5) is 0 Å². The molecule has 0 bridgehead atoms. The largest absolute Gasteiger partial charge is 0.107 e. The van der Waals surface area contributed by atoms with Crippen LogP contribution in [0, 0.1) is 0 Å². The van der Waals surface area contributed by atoms with E-state index in [0.717, 1.165) is 0 Å². The van der Waals surface area contributed by atoms with Crippen molar-refractivity contribution < 1.29 is 0 Å². The predicted molar refractivity (Wildman–Crippen MR) is 39.2 cm³/mol. The van der Waals surface area contributed by atoms with Crippen molar-refractivity contribution >= 4 is 11.8 Å². The van der Waals surface area contributed by atoms with E-state index < -0.39 is 0 Å². The van der Waals surface area contributed by atoms with E-state index in [1.54, 1.807) is 10.8 Å². The van der Waals surface area contributed by atoms with E-state index in [0.29, 0.717) is 0 Å². The molecule has 7 heavy (non-hydrogen) atoms. The Balaban J connectivity index is 0. The minimum atomic E-state index is 1.49. The molecule has 40 valence electrons. The van der Waals surface area contributed by atoms with E-state index in [-0.39, 0.29) is 0 Å². The van der Waals surface area contributed by atoms with Gasteiger partial charge in [-0.3, -0.25) is 0 Å². The van der Waals surface area contributed by atoms with Gasteiger partial charge >= 0.3 is 0 Å². The lowest BCUT2D eigenvalue weighted by atomic mass is 11.3. The smallest absolute Gasteiger partial charge is 0.0320 e. The van der Waals surface area contributed by atoms with Gasteiger partial charge in [0.2, 0.25) is 0 Å². The molecule has 0 amide bonds. The van der Waals surface area contributed by atoms with Crippen molar-refractivity contribution in [1.82, 2.24) is 0 Å². The average Bonchev–Trinajstić information content (AvgIpc) is 1.75. The maximum Gasteiger partial charge on any atom is -0.0320 e. The van der Waals surface area contributed by atoms with Crippen LogP contribution in [0.3, 0.4) is 0 Å². The monoisotopic (exact) mass is 114 g/mol. The molecule has 0 saturated carbocycles. The molecule has 0 N–H and O–H groups in total. The molecule has 0 aliphatic rings. The molecule has 0 aromatic carbocycles. The molecular formula is C6H10S. The van der Waals surface area contributed by atoms with Crippen molar-refractivity contribution in [3.63, 3.8) is 0 Å².